The molecule has 1 saturated carbocycles. The summed E-state index contributed by atoms with van der Waals surface area (Å²) in [5.74, 6) is 0.655. The Kier molecular flexibility index (Phi) is 7.31. The van der Waals surface area contributed by atoms with E-state index in [9.17, 15) is 18.3 Å². The van der Waals surface area contributed by atoms with E-state index in [1.807, 2.05) is 37.3 Å². The number of amides is 1. The third kappa shape index (κ3) is 5.29. The minimum atomic E-state index is -3.89. The molecule has 1 aliphatic heterocycles. The third-order valence-electron chi connectivity index (χ3n) is 6.81. The van der Waals surface area contributed by atoms with Gasteiger partial charge in [-0.25, -0.2) is 8.42 Å². The Balaban J connectivity index is 1.72. The van der Waals surface area contributed by atoms with Gasteiger partial charge in [-0.05, 0) is 48.9 Å². The third-order valence-corrected chi connectivity index (χ3v) is 8.83. The maximum atomic E-state index is 13.6. The van der Waals surface area contributed by atoms with Crippen LogP contribution in [-0.4, -0.2) is 67.5 Å². The van der Waals surface area contributed by atoms with Gasteiger partial charge in [-0.15, -0.1) is 0 Å². The molecule has 1 amide bonds. The van der Waals surface area contributed by atoms with E-state index < -0.39 is 22.2 Å². The molecule has 2 aliphatic rings. The predicted molar refractivity (Wildman–Crippen MR) is 131 cm³/mol. The van der Waals surface area contributed by atoms with Crippen molar-refractivity contribution in [2.45, 2.75) is 50.2 Å². The predicted octanol–water partition coefficient (Wildman–Crippen LogP) is 3.38. The quantitative estimate of drug-likeness (QED) is 0.648. The van der Waals surface area contributed by atoms with Crippen LogP contribution in [0.2, 0.25) is 0 Å². The van der Waals surface area contributed by atoms with Crippen LogP contribution in [0, 0.1) is 11.8 Å². The minimum Gasteiger partial charge on any atom is -0.487 e. The summed E-state index contributed by atoms with van der Waals surface area (Å²) < 4.78 is 35.0. The van der Waals surface area contributed by atoms with Crippen LogP contribution in [0.3, 0.4) is 0 Å². The maximum absolute atomic E-state index is 13.6. The Morgan fingerprint density at radius 2 is 1.88 bits per heavy atom. The van der Waals surface area contributed by atoms with E-state index in [1.54, 1.807) is 37.1 Å². The molecule has 1 fully saturated rings. The molecule has 4 rings (SSSR count). The number of aliphatic hydroxyl groups excluding tert-OH is 1. The number of hydrogen-bond donors (Lipinski definition) is 1. The van der Waals surface area contributed by atoms with E-state index in [4.69, 9.17) is 4.74 Å². The lowest BCUT2D eigenvalue weighted by molar-refractivity contribution is -0.131. The Bertz CT molecular complexity index is 1120. The number of nitrogens with zero attached hydrogens (tertiary/aromatic N) is 2. The van der Waals surface area contributed by atoms with Crippen LogP contribution in [0.15, 0.2) is 53.4 Å². The topological polar surface area (TPSA) is 87.2 Å². The molecule has 0 saturated heterocycles. The number of carbonyl (C=O) groups excluding carboxylic acids is 1. The highest BCUT2D eigenvalue weighted by atomic mass is 32.2. The van der Waals surface area contributed by atoms with Crippen LogP contribution in [0.1, 0.15) is 33.1 Å². The monoisotopic (exact) mass is 486 g/mol. The molecule has 0 unspecified atom stereocenters. The van der Waals surface area contributed by atoms with Gasteiger partial charge in [0.25, 0.3) is 0 Å². The molecule has 0 bridgehead atoms. The van der Waals surface area contributed by atoms with Crippen molar-refractivity contribution in [3.63, 3.8) is 0 Å². The van der Waals surface area contributed by atoms with Crippen LogP contribution < -0.4 is 4.74 Å². The van der Waals surface area contributed by atoms with Crippen molar-refractivity contribution in [3.05, 3.63) is 48.5 Å². The van der Waals surface area contributed by atoms with Crippen LogP contribution in [0.4, 0.5) is 0 Å². The number of hydrogen-bond acceptors (Lipinski definition) is 5. The van der Waals surface area contributed by atoms with Gasteiger partial charge in [0.2, 0.25) is 15.9 Å². The Morgan fingerprint density at radius 1 is 1.18 bits per heavy atom. The molecule has 3 atom stereocenters. The van der Waals surface area contributed by atoms with Gasteiger partial charge in [-0.1, -0.05) is 43.3 Å². The van der Waals surface area contributed by atoms with Crippen molar-refractivity contribution in [1.82, 2.24) is 9.21 Å². The standard InChI is InChI=1S/C26H34N2O5S/c1-18-15-28(19(2)17-29)34(31,32)25-12-11-22(21-7-5-4-6-8-21)14-23(25)33-24(18)16-27(3)26(30)13-20-9-10-20/h4-8,11-12,14,18-20,24,29H,9-10,13,15-17H2,1-3H3/t18-,19+,24-/m1/s1. The van der Waals surface area contributed by atoms with Crippen molar-refractivity contribution in [1.29, 1.82) is 0 Å². The lowest BCUT2D eigenvalue weighted by atomic mass is 10.0. The van der Waals surface area contributed by atoms with Crippen molar-refractivity contribution in [2.24, 2.45) is 11.8 Å². The first-order valence-electron chi connectivity index (χ1n) is 11.9. The molecule has 2 aromatic rings. The summed E-state index contributed by atoms with van der Waals surface area (Å²) in [6, 6.07) is 14.3. The van der Waals surface area contributed by atoms with Gasteiger partial charge in [0.1, 0.15) is 16.7 Å². The number of rotatable bonds is 7. The van der Waals surface area contributed by atoms with Crippen LogP contribution in [0.5, 0.6) is 5.75 Å². The molecule has 34 heavy (non-hydrogen) atoms. The second-order valence-corrected chi connectivity index (χ2v) is 11.5. The lowest BCUT2D eigenvalue weighted by Gasteiger charge is -2.37. The number of fused-ring (bicyclic) bond motifs is 1. The molecule has 0 spiro atoms. The van der Waals surface area contributed by atoms with Crippen molar-refractivity contribution in [2.75, 3.05) is 26.7 Å². The summed E-state index contributed by atoms with van der Waals surface area (Å²) in [4.78, 5) is 14.4. The summed E-state index contributed by atoms with van der Waals surface area (Å²) >= 11 is 0. The first kappa shape index (κ1) is 24.7. The molecule has 0 radical (unpaired) electrons. The van der Waals surface area contributed by atoms with Crippen LogP contribution in [0.25, 0.3) is 11.1 Å². The van der Waals surface area contributed by atoms with Gasteiger partial charge in [0.15, 0.2) is 0 Å². The molecule has 1 heterocycles. The summed E-state index contributed by atoms with van der Waals surface area (Å²) in [5, 5.41) is 9.79. The molecule has 8 heteroatoms. The maximum Gasteiger partial charge on any atom is 0.247 e. The van der Waals surface area contributed by atoms with Gasteiger partial charge >= 0.3 is 0 Å². The number of aliphatic hydroxyl groups is 1. The van der Waals surface area contributed by atoms with E-state index >= 15 is 0 Å². The number of ether oxygens (including phenoxy) is 1. The number of carbonyl (C=O) groups is 1. The van der Waals surface area contributed by atoms with Crippen LogP contribution >= 0.6 is 0 Å². The highest BCUT2D eigenvalue weighted by molar-refractivity contribution is 7.89. The van der Waals surface area contributed by atoms with Gasteiger partial charge < -0.3 is 14.7 Å². The Morgan fingerprint density at radius 3 is 2.53 bits per heavy atom. The molecule has 7 nitrogen and oxygen atoms in total. The fourth-order valence-electron chi connectivity index (χ4n) is 4.35. The number of likely N-dealkylation sites (N-methyl/N-ethyl adjacent to an activating group) is 1. The number of benzene rings is 2. The SMILES string of the molecule is C[C@@H]1CN([C@@H](C)CO)S(=O)(=O)c2ccc(-c3ccccc3)cc2O[C@@H]1CN(C)C(=O)CC1CC1. The molecule has 1 N–H and O–H groups in total. The Hall–Kier alpha value is -2.42. The molecule has 0 aromatic heterocycles. The van der Waals surface area contributed by atoms with Crippen molar-refractivity contribution < 1.29 is 23.1 Å². The highest BCUT2D eigenvalue weighted by Gasteiger charge is 2.38. The largest absolute Gasteiger partial charge is 0.487 e. The fourth-order valence-corrected chi connectivity index (χ4v) is 6.18. The van der Waals surface area contributed by atoms with E-state index in [2.05, 4.69) is 0 Å². The smallest absolute Gasteiger partial charge is 0.247 e. The van der Waals surface area contributed by atoms with Gasteiger partial charge in [-0.2, -0.15) is 4.31 Å². The van der Waals surface area contributed by atoms with E-state index in [-0.39, 0.29) is 35.6 Å². The Labute approximate surface area is 202 Å². The first-order chi connectivity index (χ1) is 16.2. The van der Waals surface area contributed by atoms with Gasteiger partial charge in [-0.3, -0.25) is 4.79 Å². The van der Waals surface area contributed by atoms with Crippen molar-refractivity contribution >= 4 is 15.9 Å². The average Bonchev–Trinajstić information content (AvgIpc) is 3.65. The van der Waals surface area contributed by atoms with E-state index in [1.165, 1.54) is 4.31 Å². The summed E-state index contributed by atoms with van der Waals surface area (Å²) in [6.07, 6.45) is 2.37. The fraction of sp³-hybridized carbons (Fsp3) is 0.500. The average molecular weight is 487 g/mol. The van der Waals surface area contributed by atoms with E-state index in [0.29, 0.717) is 18.9 Å². The van der Waals surface area contributed by atoms with Crippen molar-refractivity contribution in [3.8, 4) is 16.9 Å². The second-order valence-electron chi connectivity index (χ2n) is 9.69. The van der Waals surface area contributed by atoms with Gasteiger partial charge in [0, 0.05) is 32.0 Å². The first-order valence-corrected chi connectivity index (χ1v) is 13.4. The van der Waals surface area contributed by atoms with E-state index in [0.717, 1.165) is 24.0 Å². The molecular formula is C26H34N2O5S. The zero-order valence-corrected chi connectivity index (χ0v) is 20.9. The normalized spacial score (nSPS) is 23.2. The highest BCUT2D eigenvalue weighted by Crippen LogP contribution is 2.37. The minimum absolute atomic E-state index is 0.0799. The molecular weight excluding hydrogens is 452 g/mol. The summed E-state index contributed by atoms with van der Waals surface area (Å²) in [7, 11) is -2.11. The summed E-state index contributed by atoms with van der Waals surface area (Å²) in [6.45, 7) is 3.91. The lowest BCUT2D eigenvalue weighted by Crippen LogP contribution is -2.50. The molecule has 184 valence electrons. The van der Waals surface area contributed by atoms with Crippen LogP contribution in [-0.2, 0) is 14.8 Å². The zero-order valence-electron chi connectivity index (χ0n) is 20.1. The molecule has 2 aromatic carbocycles. The zero-order chi connectivity index (χ0) is 24.5. The van der Waals surface area contributed by atoms with Gasteiger partial charge in [0.05, 0.1) is 13.2 Å². The number of sulfonamides is 1. The molecule has 1 aliphatic carbocycles. The summed E-state index contributed by atoms with van der Waals surface area (Å²) in [5.41, 5.74) is 1.80. The second kappa shape index (κ2) is 10.1.